The maximum Gasteiger partial charge on any atom is 0.321 e. The lowest BCUT2D eigenvalue weighted by Crippen LogP contribution is -2.47. The lowest BCUT2D eigenvalue weighted by Gasteiger charge is -2.33. The molecule has 1 aromatic carbocycles. The zero-order valence-electron chi connectivity index (χ0n) is 19.1. The number of likely N-dealkylation sites (tertiary alicyclic amines) is 1. The van der Waals surface area contributed by atoms with E-state index in [9.17, 15) is 9.59 Å². The number of aryl methyl sites for hydroxylation is 1. The summed E-state index contributed by atoms with van der Waals surface area (Å²) in [5.74, 6) is -0.115. The van der Waals surface area contributed by atoms with Gasteiger partial charge >= 0.3 is 6.03 Å². The fraction of sp³-hybridized carbons (Fsp3) is 0.667. The first-order valence-corrected chi connectivity index (χ1v) is 11.5. The molecule has 2 atom stereocenters. The standard InChI is InChI=1S/C24H37N3O4/c1-4-24(3,22-30-14-15-31-22)11-7-12-25-21(28)19-9-6-13-27(17-19)23(29)26-20-10-5-8-18(2)16-20/h5,8,10,16,19,22H,4,6-7,9,11-15,17H2,1-3H3,(H,25,28)(H,26,29)/t19-,24+/m1/s1. The molecule has 2 aliphatic heterocycles. The van der Waals surface area contributed by atoms with Gasteiger partial charge in [0.25, 0.3) is 0 Å². The van der Waals surface area contributed by atoms with E-state index >= 15 is 0 Å². The number of hydrogen-bond acceptors (Lipinski definition) is 4. The van der Waals surface area contributed by atoms with Gasteiger partial charge in [-0.1, -0.05) is 26.0 Å². The van der Waals surface area contributed by atoms with Crippen LogP contribution >= 0.6 is 0 Å². The van der Waals surface area contributed by atoms with Gasteiger partial charge in [-0.15, -0.1) is 0 Å². The second kappa shape index (κ2) is 11.0. The predicted octanol–water partition coefficient (Wildman–Crippen LogP) is 3.92. The molecule has 7 nitrogen and oxygen atoms in total. The van der Waals surface area contributed by atoms with Crippen LogP contribution < -0.4 is 10.6 Å². The van der Waals surface area contributed by atoms with Gasteiger partial charge in [-0.3, -0.25) is 4.79 Å². The van der Waals surface area contributed by atoms with E-state index in [0.29, 0.717) is 32.8 Å². The molecule has 0 saturated carbocycles. The Hall–Kier alpha value is -2.12. The van der Waals surface area contributed by atoms with Crippen molar-refractivity contribution in [3.8, 4) is 0 Å². The van der Waals surface area contributed by atoms with Gasteiger partial charge in [0.2, 0.25) is 5.91 Å². The van der Waals surface area contributed by atoms with Crippen molar-refractivity contribution in [1.82, 2.24) is 10.2 Å². The lowest BCUT2D eigenvalue weighted by atomic mass is 9.82. The average molecular weight is 432 g/mol. The van der Waals surface area contributed by atoms with Crippen LogP contribution in [-0.4, -0.2) is 56.0 Å². The second-order valence-corrected chi connectivity index (χ2v) is 9.06. The molecule has 2 aliphatic rings. The summed E-state index contributed by atoms with van der Waals surface area (Å²) in [6.07, 6.45) is 4.29. The second-order valence-electron chi connectivity index (χ2n) is 9.06. The summed E-state index contributed by atoms with van der Waals surface area (Å²) >= 11 is 0. The Labute approximate surface area is 185 Å². The molecule has 3 amide bonds. The Kier molecular flexibility index (Phi) is 8.32. The summed E-state index contributed by atoms with van der Waals surface area (Å²) in [5.41, 5.74) is 1.85. The smallest absolute Gasteiger partial charge is 0.321 e. The molecule has 2 heterocycles. The molecule has 3 rings (SSSR count). The molecule has 0 spiro atoms. The Balaban J connectivity index is 1.42. The molecule has 2 fully saturated rings. The number of rotatable bonds is 8. The van der Waals surface area contributed by atoms with Gasteiger partial charge in [-0.25, -0.2) is 4.79 Å². The Morgan fingerprint density at radius 3 is 2.74 bits per heavy atom. The molecular formula is C24H37N3O4. The number of carbonyl (C=O) groups excluding carboxylic acids is 2. The normalized spacial score (nSPS) is 21.5. The predicted molar refractivity (Wildman–Crippen MR) is 121 cm³/mol. The van der Waals surface area contributed by atoms with Crippen LogP contribution in [0.1, 0.15) is 51.5 Å². The number of ether oxygens (including phenoxy) is 2. The molecule has 2 saturated heterocycles. The number of nitrogens with one attached hydrogen (secondary N) is 2. The third kappa shape index (κ3) is 6.43. The number of hydrogen-bond donors (Lipinski definition) is 2. The number of benzene rings is 1. The molecule has 31 heavy (non-hydrogen) atoms. The van der Waals surface area contributed by atoms with E-state index in [1.165, 1.54) is 0 Å². The van der Waals surface area contributed by atoms with E-state index in [1.54, 1.807) is 4.90 Å². The van der Waals surface area contributed by atoms with Gasteiger partial charge in [0, 0.05) is 30.7 Å². The summed E-state index contributed by atoms with van der Waals surface area (Å²) in [6, 6.07) is 7.60. The third-order valence-corrected chi connectivity index (χ3v) is 6.57. The van der Waals surface area contributed by atoms with Crippen molar-refractivity contribution >= 4 is 17.6 Å². The number of nitrogens with zero attached hydrogens (tertiary/aromatic N) is 1. The molecule has 0 aromatic heterocycles. The van der Waals surface area contributed by atoms with Crippen LogP contribution in [0.3, 0.4) is 0 Å². The van der Waals surface area contributed by atoms with Crippen LogP contribution in [0, 0.1) is 18.3 Å². The van der Waals surface area contributed by atoms with Crippen molar-refractivity contribution in [2.75, 3.05) is 38.2 Å². The Morgan fingerprint density at radius 2 is 2.03 bits per heavy atom. The molecule has 0 unspecified atom stereocenters. The number of amides is 3. The van der Waals surface area contributed by atoms with Gasteiger partial charge in [-0.05, 0) is 56.7 Å². The van der Waals surface area contributed by atoms with Crippen LogP contribution in [0.2, 0.25) is 0 Å². The van der Waals surface area contributed by atoms with E-state index in [2.05, 4.69) is 24.5 Å². The molecule has 0 radical (unpaired) electrons. The number of anilines is 1. The van der Waals surface area contributed by atoms with Crippen molar-refractivity contribution in [3.63, 3.8) is 0 Å². The number of piperidine rings is 1. The molecule has 7 heteroatoms. The highest BCUT2D eigenvalue weighted by Crippen LogP contribution is 2.35. The van der Waals surface area contributed by atoms with Crippen LogP contribution in [0.25, 0.3) is 0 Å². The zero-order chi connectivity index (χ0) is 22.3. The summed E-state index contributed by atoms with van der Waals surface area (Å²) in [6.45, 7) is 9.43. The van der Waals surface area contributed by atoms with Crippen LogP contribution in [0.5, 0.6) is 0 Å². The first-order chi connectivity index (χ1) is 14.9. The first kappa shape index (κ1) is 23.5. The topological polar surface area (TPSA) is 79.9 Å². The number of urea groups is 1. The average Bonchev–Trinajstić information content (AvgIpc) is 3.32. The summed E-state index contributed by atoms with van der Waals surface area (Å²) in [5, 5.41) is 6.02. The van der Waals surface area contributed by atoms with Crippen molar-refractivity contribution in [3.05, 3.63) is 29.8 Å². The van der Waals surface area contributed by atoms with E-state index in [-0.39, 0.29) is 29.6 Å². The van der Waals surface area contributed by atoms with Crippen LogP contribution in [0.15, 0.2) is 24.3 Å². The minimum Gasteiger partial charge on any atom is -0.356 e. The van der Waals surface area contributed by atoms with E-state index in [0.717, 1.165) is 43.4 Å². The fourth-order valence-corrected chi connectivity index (χ4v) is 4.37. The van der Waals surface area contributed by atoms with Crippen LogP contribution in [0.4, 0.5) is 10.5 Å². The maximum absolute atomic E-state index is 12.7. The number of carbonyl (C=O) groups is 2. The third-order valence-electron chi connectivity index (χ3n) is 6.57. The SMILES string of the molecule is CC[C@@](C)(CCCNC(=O)[C@@H]1CCCN(C(=O)Nc2cccc(C)c2)C1)C1OCCO1. The largest absolute Gasteiger partial charge is 0.356 e. The first-order valence-electron chi connectivity index (χ1n) is 11.5. The molecular weight excluding hydrogens is 394 g/mol. The van der Waals surface area contributed by atoms with Crippen molar-refractivity contribution in [1.29, 1.82) is 0 Å². The van der Waals surface area contributed by atoms with Gasteiger partial charge in [-0.2, -0.15) is 0 Å². The van der Waals surface area contributed by atoms with E-state index in [1.807, 2.05) is 31.2 Å². The highest BCUT2D eigenvalue weighted by Gasteiger charge is 2.36. The summed E-state index contributed by atoms with van der Waals surface area (Å²) in [4.78, 5) is 27.1. The van der Waals surface area contributed by atoms with Crippen LogP contribution in [-0.2, 0) is 14.3 Å². The monoisotopic (exact) mass is 431 g/mol. The Bertz CT molecular complexity index is 750. The van der Waals surface area contributed by atoms with Gasteiger partial charge in [0.05, 0.1) is 19.1 Å². The molecule has 2 N–H and O–H groups in total. The van der Waals surface area contributed by atoms with Crippen molar-refractivity contribution < 1.29 is 19.1 Å². The minimum absolute atomic E-state index is 0.0310. The molecule has 0 bridgehead atoms. The highest BCUT2D eigenvalue weighted by atomic mass is 16.7. The zero-order valence-corrected chi connectivity index (χ0v) is 19.1. The molecule has 0 aliphatic carbocycles. The minimum atomic E-state index is -0.156. The highest BCUT2D eigenvalue weighted by molar-refractivity contribution is 5.90. The summed E-state index contributed by atoms with van der Waals surface area (Å²) in [7, 11) is 0. The van der Waals surface area contributed by atoms with E-state index in [4.69, 9.17) is 9.47 Å². The summed E-state index contributed by atoms with van der Waals surface area (Å²) < 4.78 is 11.4. The van der Waals surface area contributed by atoms with Crippen molar-refractivity contribution in [2.24, 2.45) is 11.3 Å². The quantitative estimate of drug-likeness (QED) is 0.612. The van der Waals surface area contributed by atoms with Gasteiger partial charge in [0.15, 0.2) is 6.29 Å². The molecule has 172 valence electrons. The van der Waals surface area contributed by atoms with Gasteiger partial charge < -0.3 is 25.0 Å². The van der Waals surface area contributed by atoms with Crippen molar-refractivity contribution in [2.45, 2.75) is 59.2 Å². The van der Waals surface area contributed by atoms with Gasteiger partial charge in [0.1, 0.15) is 0 Å². The lowest BCUT2D eigenvalue weighted by molar-refractivity contribution is -0.132. The van der Waals surface area contributed by atoms with E-state index < -0.39 is 0 Å². The fourth-order valence-electron chi connectivity index (χ4n) is 4.37. The Morgan fingerprint density at radius 1 is 1.26 bits per heavy atom. The maximum atomic E-state index is 12.7. The molecule has 1 aromatic rings.